The molecule has 4 unspecified atom stereocenters. The minimum Gasteiger partial charge on any atom is -0.412 e. The molecule has 4 aliphatic carbocycles. The van der Waals surface area contributed by atoms with Crippen LogP contribution in [0.5, 0.6) is 5.75 Å². The first kappa shape index (κ1) is 14.6. The van der Waals surface area contributed by atoms with Crippen LogP contribution in [0.3, 0.4) is 0 Å². The Morgan fingerprint density at radius 3 is 2.17 bits per heavy atom. The number of benzene rings is 1. The summed E-state index contributed by atoms with van der Waals surface area (Å²) in [6.45, 7) is 2.02. The summed E-state index contributed by atoms with van der Waals surface area (Å²) in [5.41, 5.74) is 1.82. The van der Waals surface area contributed by atoms with Crippen LogP contribution >= 0.6 is 0 Å². The number of ketones is 2. The second kappa shape index (κ2) is 5.31. The zero-order chi connectivity index (χ0) is 16.1. The van der Waals surface area contributed by atoms with Crippen molar-refractivity contribution in [3.63, 3.8) is 0 Å². The molecule has 1 aromatic carbocycles. The van der Waals surface area contributed by atoms with Gasteiger partial charge in [0.15, 0.2) is 11.6 Å². The lowest BCUT2D eigenvalue weighted by Crippen LogP contribution is -2.38. The predicted octanol–water partition coefficient (Wildman–Crippen LogP) is 2.57. The first-order chi connectivity index (χ1) is 11.2. The lowest BCUT2D eigenvalue weighted by atomic mass is 9.63. The fourth-order valence-electron chi connectivity index (χ4n) is 4.84. The van der Waals surface area contributed by atoms with Gasteiger partial charge in [0.2, 0.25) is 0 Å². The van der Waals surface area contributed by atoms with E-state index < -0.39 is 5.92 Å². The summed E-state index contributed by atoms with van der Waals surface area (Å²) in [4.78, 5) is 30.9. The molecule has 120 valence electrons. The molecule has 1 aromatic rings. The fourth-order valence-corrected chi connectivity index (χ4v) is 4.84. The maximum absolute atomic E-state index is 13.1. The van der Waals surface area contributed by atoms with Crippen molar-refractivity contribution in [1.82, 2.24) is 0 Å². The van der Waals surface area contributed by atoms with Gasteiger partial charge in [-0.25, -0.2) is 0 Å². The summed E-state index contributed by atoms with van der Waals surface area (Å²) in [5.74, 6) is 5.72. The van der Waals surface area contributed by atoms with E-state index in [1.807, 2.05) is 19.1 Å². The molecule has 0 spiro atoms. The Labute approximate surface area is 135 Å². The molecular weight excluding hydrogens is 290 g/mol. The second-order valence-corrected chi connectivity index (χ2v) is 6.91. The summed E-state index contributed by atoms with van der Waals surface area (Å²) in [7, 11) is 0. The zero-order valence-corrected chi connectivity index (χ0v) is 13.2. The van der Waals surface area contributed by atoms with Gasteiger partial charge < -0.3 is 4.84 Å². The number of fused-ring (bicyclic) bond motifs is 1. The van der Waals surface area contributed by atoms with Crippen molar-refractivity contribution >= 4 is 11.6 Å². The van der Waals surface area contributed by atoms with E-state index >= 15 is 0 Å². The maximum atomic E-state index is 13.1. The van der Waals surface area contributed by atoms with E-state index in [0.717, 1.165) is 30.4 Å². The zero-order valence-electron chi connectivity index (χ0n) is 13.2. The average Bonchev–Trinajstić information content (AvgIpc) is 2.88. The molecule has 4 heteroatoms. The number of nitrogens with two attached hydrogens (primary N) is 1. The number of rotatable bonds is 3. The lowest BCUT2D eigenvalue weighted by Gasteiger charge is -2.39. The number of hydrogen-bond acceptors (Lipinski definition) is 4. The highest BCUT2D eigenvalue weighted by molar-refractivity contribution is 6.16. The Balaban J connectivity index is 1.76. The third-order valence-corrected chi connectivity index (χ3v) is 5.92. The number of Topliss-reactive ketones (excluding diaryl/α,β-unsaturated/α-hetero) is 2. The first-order valence-electron chi connectivity index (χ1n) is 8.41. The molecule has 4 aliphatic rings. The van der Waals surface area contributed by atoms with E-state index in [9.17, 15) is 9.59 Å². The van der Waals surface area contributed by atoms with Gasteiger partial charge in [0.1, 0.15) is 11.7 Å². The molecule has 0 aliphatic heterocycles. The van der Waals surface area contributed by atoms with Crippen LogP contribution in [0.1, 0.15) is 36.8 Å². The highest BCUT2D eigenvalue weighted by atomic mass is 16.6. The molecule has 2 bridgehead atoms. The molecule has 2 saturated carbocycles. The average molecular weight is 311 g/mol. The summed E-state index contributed by atoms with van der Waals surface area (Å²) < 4.78 is 0. The van der Waals surface area contributed by atoms with E-state index in [1.165, 1.54) is 0 Å². The summed E-state index contributed by atoms with van der Waals surface area (Å²) >= 11 is 0. The smallest absolute Gasteiger partial charge is 0.152 e. The molecule has 2 N–H and O–H groups in total. The Morgan fingerprint density at radius 2 is 1.70 bits per heavy atom. The molecule has 0 amide bonds. The van der Waals surface area contributed by atoms with Crippen LogP contribution in [0.2, 0.25) is 0 Å². The van der Waals surface area contributed by atoms with Gasteiger partial charge in [0.25, 0.3) is 0 Å². The highest BCUT2D eigenvalue weighted by Gasteiger charge is 2.57. The van der Waals surface area contributed by atoms with Gasteiger partial charge in [0.05, 0.1) is 0 Å². The molecule has 4 nitrogen and oxygen atoms in total. The van der Waals surface area contributed by atoms with Crippen molar-refractivity contribution in [3.05, 3.63) is 41.5 Å². The van der Waals surface area contributed by atoms with Gasteiger partial charge in [-0.3, -0.25) is 9.59 Å². The molecule has 0 aromatic heterocycles. The van der Waals surface area contributed by atoms with Gasteiger partial charge in [-0.05, 0) is 54.4 Å². The second-order valence-electron chi connectivity index (χ2n) is 6.91. The van der Waals surface area contributed by atoms with E-state index in [2.05, 4.69) is 12.2 Å². The van der Waals surface area contributed by atoms with Crippen molar-refractivity contribution in [1.29, 1.82) is 0 Å². The van der Waals surface area contributed by atoms with Crippen LogP contribution in [0.15, 0.2) is 30.4 Å². The number of carbonyl (C=O) groups excluding carboxylic acids is 2. The molecule has 0 heterocycles. The minimum absolute atomic E-state index is 0.105. The highest BCUT2D eigenvalue weighted by Crippen LogP contribution is 2.53. The third kappa shape index (κ3) is 2.01. The van der Waals surface area contributed by atoms with Crippen LogP contribution in [-0.4, -0.2) is 11.6 Å². The van der Waals surface area contributed by atoms with Crippen molar-refractivity contribution < 1.29 is 14.4 Å². The Bertz CT molecular complexity index is 677. The molecule has 0 saturated heterocycles. The maximum Gasteiger partial charge on any atom is 0.152 e. The van der Waals surface area contributed by atoms with E-state index in [0.29, 0.717) is 5.75 Å². The Hall–Kier alpha value is -1.94. The van der Waals surface area contributed by atoms with E-state index in [-0.39, 0.29) is 35.2 Å². The van der Waals surface area contributed by atoms with Crippen molar-refractivity contribution in [3.8, 4) is 5.75 Å². The normalized spacial score (nSPS) is 34.8. The first-order valence-corrected chi connectivity index (χ1v) is 8.41. The van der Waals surface area contributed by atoms with E-state index in [1.54, 1.807) is 6.07 Å². The van der Waals surface area contributed by atoms with E-state index in [4.69, 9.17) is 10.7 Å². The molecule has 4 atom stereocenters. The van der Waals surface area contributed by atoms with Crippen molar-refractivity contribution in [2.75, 3.05) is 0 Å². The topological polar surface area (TPSA) is 69.4 Å². The molecular formula is C19H21NO3. The summed E-state index contributed by atoms with van der Waals surface area (Å²) in [6, 6.07) is 5.42. The van der Waals surface area contributed by atoms with Crippen molar-refractivity contribution in [2.45, 2.75) is 32.1 Å². The molecule has 5 rings (SSSR count). The summed E-state index contributed by atoms with van der Waals surface area (Å²) in [6.07, 6.45) is 7.14. The lowest BCUT2D eigenvalue weighted by molar-refractivity contribution is -0.125. The van der Waals surface area contributed by atoms with Crippen LogP contribution < -0.4 is 10.7 Å². The minimum atomic E-state index is -0.602. The van der Waals surface area contributed by atoms with Crippen LogP contribution in [0, 0.1) is 23.7 Å². The van der Waals surface area contributed by atoms with Gasteiger partial charge in [-0.15, -0.1) is 0 Å². The van der Waals surface area contributed by atoms with Crippen LogP contribution in [0.25, 0.3) is 0 Å². The monoisotopic (exact) mass is 311 g/mol. The number of aryl methyl sites for hydroxylation is 1. The number of carbonyl (C=O) groups is 2. The summed E-state index contributed by atoms with van der Waals surface area (Å²) in [5, 5.41) is 0. The molecule has 2 fully saturated rings. The van der Waals surface area contributed by atoms with Gasteiger partial charge in [-0.2, -0.15) is 5.90 Å². The standard InChI is InChI=1S/C19H21NO3/c1-2-10-9-13(23-20)7-8-14(10)17-18(21)15-11-3-4-12(6-5-11)16(15)19(17)22/h3-4,7-9,11-12,15-17H,2,5-6,20H2,1H3. The van der Waals surface area contributed by atoms with Gasteiger partial charge in [0, 0.05) is 11.8 Å². The quantitative estimate of drug-likeness (QED) is 0.529. The van der Waals surface area contributed by atoms with Crippen LogP contribution in [-0.2, 0) is 16.0 Å². The molecule has 0 radical (unpaired) electrons. The van der Waals surface area contributed by atoms with Crippen molar-refractivity contribution in [2.24, 2.45) is 29.6 Å². The third-order valence-electron chi connectivity index (χ3n) is 5.92. The fraction of sp³-hybridized carbons (Fsp3) is 0.474. The number of hydrogen-bond donors (Lipinski definition) is 1. The largest absolute Gasteiger partial charge is 0.412 e. The SMILES string of the molecule is CCc1cc(ON)ccc1C1C(=O)C2C3C=CC(CC3)C2C1=O. The van der Waals surface area contributed by atoms with Crippen LogP contribution in [0.4, 0.5) is 0 Å². The van der Waals surface area contributed by atoms with Gasteiger partial charge in [-0.1, -0.05) is 25.1 Å². The predicted molar refractivity (Wildman–Crippen MR) is 85.7 cm³/mol. The number of allylic oxidation sites excluding steroid dienone is 2. The Morgan fingerprint density at radius 1 is 1.09 bits per heavy atom. The Kier molecular flexibility index (Phi) is 3.38. The molecule has 23 heavy (non-hydrogen) atoms. The van der Waals surface area contributed by atoms with Gasteiger partial charge >= 0.3 is 0 Å².